The minimum Gasteiger partial charge on any atom is -0.507 e. The predicted octanol–water partition coefficient (Wildman–Crippen LogP) is 3.21. The van der Waals surface area contributed by atoms with Gasteiger partial charge < -0.3 is 14.5 Å². The van der Waals surface area contributed by atoms with Crippen LogP contribution in [0.25, 0.3) is 11.1 Å². The molecule has 2 aromatic rings. The highest BCUT2D eigenvalue weighted by Gasteiger charge is 2.21. The van der Waals surface area contributed by atoms with E-state index < -0.39 is 11.1 Å². The van der Waals surface area contributed by atoms with Crippen molar-refractivity contribution in [1.29, 1.82) is 0 Å². The largest absolute Gasteiger partial charge is 0.507 e. The van der Waals surface area contributed by atoms with Gasteiger partial charge in [-0.05, 0) is 29.7 Å². The van der Waals surface area contributed by atoms with Crippen LogP contribution in [0.4, 0.5) is 0 Å². The van der Waals surface area contributed by atoms with Crippen LogP contribution in [0.3, 0.4) is 0 Å². The van der Waals surface area contributed by atoms with Crippen LogP contribution in [-0.4, -0.2) is 26.2 Å². The van der Waals surface area contributed by atoms with Crippen LogP contribution in [-0.2, 0) is 21.7 Å². The van der Waals surface area contributed by atoms with Crippen molar-refractivity contribution in [2.75, 3.05) is 6.61 Å². The normalized spacial score (nSPS) is 15.1. The van der Waals surface area contributed by atoms with Gasteiger partial charge in [-0.2, -0.15) is 0 Å². The van der Waals surface area contributed by atoms with E-state index in [0.717, 1.165) is 33.5 Å². The van der Waals surface area contributed by atoms with E-state index in [9.17, 15) is 13.9 Å². The molecule has 120 valence electrons. The highest BCUT2D eigenvalue weighted by molar-refractivity contribution is 7.78. The summed E-state index contributed by atoms with van der Waals surface area (Å²) in [7, 11) is 0. The molecule has 0 spiro atoms. The molecule has 3 rings (SSSR count). The van der Waals surface area contributed by atoms with Crippen molar-refractivity contribution >= 4 is 16.8 Å². The molecular weight excluding hydrogens is 314 g/mol. The van der Waals surface area contributed by atoms with Gasteiger partial charge in [0.05, 0.1) is 11.5 Å². The SMILES string of the molecule is Cc1c(-c2ccccc2O)ccc(CS(=O)O)c1C1=NOCC1. The van der Waals surface area contributed by atoms with E-state index in [4.69, 9.17) is 4.84 Å². The number of benzene rings is 2. The monoisotopic (exact) mass is 331 g/mol. The lowest BCUT2D eigenvalue weighted by Gasteiger charge is -2.16. The first kappa shape index (κ1) is 15.7. The van der Waals surface area contributed by atoms with Gasteiger partial charge in [-0.15, -0.1) is 0 Å². The third-order valence-electron chi connectivity index (χ3n) is 3.92. The third-order valence-corrected chi connectivity index (χ3v) is 4.48. The van der Waals surface area contributed by atoms with Crippen molar-refractivity contribution in [3.8, 4) is 16.9 Å². The maximum Gasteiger partial charge on any atom is 0.157 e. The Balaban J connectivity index is 2.19. The number of para-hydroxylation sites is 1. The van der Waals surface area contributed by atoms with Gasteiger partial charge in [-0.25, -0.2) is 4.21 Å². The Kier molecular flexibility index (Phi) is 4.45. The molecule has 1 heterocycles. The first-order chi connectivity index (χ1) is 11.1. The fourth-order valence-corrected chi connectivity index (χ4v) is 3.40. The molecule has 1 unspecified atom stereocenters. The fourth-order valence-electron chi connectivity index (χ4n) is 2.90. The molecule has 1 atom stereocenters. The summed E-state index contributed by atoms with van der Waals surface area (Å²) >= 11 is -1.94. The van der Waals surface area contributed by atoms with E-state index >= 15 is 0 Å². The van der Waals surface area contributed by atoms with Gasteiger partial charge in [0.1, 0.15) is 12.4 Å². The third kappa shape index (κ3) is 3.13. The van der Waals surface area contributed by atoms with Gasteiger partial charge in [-0.1, -0.05) is 35.5 Å². The Hall–Kier alpha value is -2.18. The molecule has 1 aliphatic heterocycles. The van der Waals surface area contributed by atoms with E-state index in [0.29, 0.717) is 13.0 Å². The minimum absolute atomic E-state index is 0.0379. The lowest BCUT2D eigenvalue weighted by molar-refractivity contribution is 0.174. The summed E-state index contributed by atoms with van der Waals surface area (Å²) in [6, 6.07) is 10.8. The van der Waals surface area contributed by atoms with Crippen molar-refractivity contribution in [3.63, 3.8) is 0 Å². The Labute approximate surface area is 136 Å². The lowest BCUT2D eigenvalue weighted by atomic mass is 9.90. The quantitative estimate of drug-likeness (QED) is 0.843. The Morgan fingerprint density at radius 3 is 2.65 bits per heavy atom. The van der Waals surface area contributed by atoms with Crippen molar-refractivity contribution < 1.29 is 18.7 Å². The number of phenols is 1. The second kappa shape index (κ2) is 6.52. The van der Waals surface area contributed by atoms with Gasteiger partial charge in [0, 0.05) is 17.5 Å². The van der Waals surface area contributed by atoms with E-state index in [1.165, 1.54) is 0 Å². The van der Waals surface area contributed by atoms with Crippen LogP contribution < -0.4 is 0 Å². The summed E-state index contributed by atoms with van der Waals surface area (Å²) in [6.07, 6.45) is 0.663. The number of nitrogens with zero attached hydrogens (tertiary/aromatic N) is 1. The van der Waals surface area contributed by atoms with E-state index in [-0.39, 0.29) is 11.5 Å². The first-order valence-corrected chi connectivity index (χ1v) is 8.53. The molecule has 0 aromatic heterocycles. The summed E-state index contributed by atoms with van der Waals surface area (Å²) in [5.74, 6) is 0.237. The van der Waals surface area contributed by atoms with Gasteiger partial charge in [-0.3, -0.25) is 0 Å². The molecule has 0 radical (unpaired) electrons. The number of hydrogen-bond acceptors (Lipinski definition) is 4. The van der Waals surface area contributed by atoms with Gasteiger partial charge in [0.15, 0.2) is 11.1 Å². The van der Waals surface area contributed by atoms with Crippen molar-refractivity contribution in [2.24, 2.45) is 5.16 Å². The molecule has 1 aliphatic rings. The Bertz CT molecular complexity index is 801. The summed E-state index contributed by atoms with van der Waals surface area (Å²) in [5, 5.41) is 14.2. The van der Waals surface area contributed by atoms with Crippen LogP contribution >= 0.6 is 0 Å². The van der Waals surface area contributed by atoms with Crippen molar-refractivity contribution in [2.45, 2.75) is 19.1 Å². The van der Waals surface area contributed by atoms with Crippen molar-refractivity contribution in [3.05, 3.63) is 53.1 Å². The fraction of sp³-hybridized carbons (Fsp3) is 0.235. The van der Waals surface area contributed by atoms with Crippen LogP contribution in [0.1, 0.15) is 23.1 Å². The molecule has 6 heteroatoms. The first-order valence-electron chi connectivity index (χ1n) is 7.25. The summed E-state index contributed by atoms with van der Waals surface area (Å²) < 4.78 is 20.5. The summed E-state index contributed by atoms with van der Waals surface area (Å²) in [5.41, 5.74) is 4.89. The molecule has 0 bridgehead atoms. The highest BCUT2D eigenvalue weighted by atomic mass is 32.2. The summed E-state index contributed by atoms with van der Waals surface area (Å²) in [6.45, 7) is 2.44. The number of hydrogen-bond donors (Lipinski definition) is 2. The van der Waals surface area contributed by atoms with E-state index in [1.54, 1.807) is 12.1 Å². The standard InChI is InChI=1S/C17H17NO4S/c1-11-13(14-4-2-3-5-16(14)19)7-6-12(10-23(20)21)17(11)15-8-9-22-18-15/h2-7,19H,8-10H2,1H3,(H,20,21). The van der Waals surface area contributed by atoms with Gasteiger partial charge >= 0.3 is 0 Å². The zero-order chi connectivity index (χ0) is 16.4. The lowest BCUT2D eigenvalue weighted by Crippen LogP contribution is -2.09. The summed E-state index contributed by atoms with van der Waals surface area (Å²) in [4.78, 5) is 5.10. The van der Waals surface area contributed by atoms with Crippen molar-refractivity contribution in [1.82, 2.24) is 0 Å². The molecule has 0 amide bonds. The smallest absolute Gasteiger partial charge is 0.157 e. The maximum atomic E-state index is 11.3. The average molecular weight is 331 g/mol. The number of aromatic hydroxyl groups is 1. The molecule has 0 saturated heterocycles. The molecule has 23 heavy (non-hydrogen) atoms. The number of oxime groups is 1. The second-order valence-corrected chi connectivity index (χ2v) is 6.31. The van der Waals surface area contributed by atoms with Crippen LogP contribution in [0.5, 0.6) is 5.75 Å². The minimum atomic E-state index is -1.94. The molecule has 0 fully saturated rings. The maximum absolute atomic E-state index is 11.3. The molecular formula is C17H17NO4S. The van der Waals surface area contributed by atoms with Crippen LogP contribution in [0, 0.1) is 6.92 Å². The highest BCUT2D eigenvalue weighted by Crippen LogP contribution is 2.35. The topological polar surface area (TPSA) is 79.1 Å². The second-order valence-electron chi connectivity index (χ2n) is 5.38. The van der Waals surface area contributed by atoms with Gasteiger partial charge in [0.25, 0.3) is 0 Å². The molecule has 0 saturated carbocycles. The Morgan fingerprint density at radius 2 is 2.00 bits per heavy atom. The predicted molar refractivity (Wildman–Crippen MR) is 89.9 cm³/mol. The number of rotatable bonds is 4. The molecule has 2 aromatic carbocycles. The molecule has 2 N–H and O–H groups in total. The molecule has 5 nitrogen and oxygen atoms in total. The number of phenolic OH excluding ortho intramolecular Hbond substituents is 1. The van der Waals surface area contributed by atoms with Crippen LogP contribution in [0.15, 0.2) is 41.6 Å². The Morgan fingerprint density at radius 1 is 1.22 bits per heavy atom. The zero-order valence-corrected chi connectivity index (χ0v) is 13.5. The average Bonchev–Trinajstić information content (AvgIpc) is 3.02. The van der Waals surface area contributed by atoms with E-state index in [2.05, 4.69) is 5.16 Å². The van der Waals surface area contributed by atoms with Crippen LogP contribution in [0.2, 0.25) is 0 Å². The van der Waals surface area contributed by atoms with E-state index in [1.807, 2.05) is 31.2 Å². The molecule has 0 aliphatic carbocycles. The van der Waals surface area contributed by atoms with Gasteiger partial charge in [0.2, 0.25) is 0 Å². The zero-order valence-electron chi connectivity index (χ0n) is 12.7.